The first-order valence-corrected chi connectivity index (χ1v) is 11.9. The van der Waals surface area contributed by atoms with E-state index >= 15 is 0 Å². The minimum atomic E-state index is -3.66. The molecule has 0 heterocycles. The summed E-state index contributed by atoms with van der Waals surface area (Å²) < 4.78 is 25.8. The largest absolute Gasteiger partial charge is 0.349 e. The Morgan fingerprint density at radius 2 is 1.68 bits per heavy atom. The van der Waals surface area contributed by atoms with Gasteiger partial charge in [-0.3, -0.25) is 13.9 Å². The van der Waals surface area contributed by atoms with Crippen molar-refractivity contribution in [3.05, 3.63) is 29.8 Å². The van der Waals surface area contributed by atoms with Crippen LogP contribution in [0.3, 0.4) is 0 Å². The molecule has 0 atom stereocenters. The van der Waals surface area contributed by atoms with E-state index in [1.807, 2.05) is 0 Å². The highest BCUT2D eigenvalue weighted by Gasteiger charge is 2.51. The molecule has 0 aromatic heterocycles. The van der Waals surface area contributed by atoms with Gasteiger partial charge in [0.25, 0.3) is 0 Å². The molecule has 4 fully saturated rings. The first-order chi connectivity index (χ1) is 13.1. The molecule has 0 radical (unpaired) electrons. The molecule has 152 valence electrons. The van der Waals surface area contributed by atoms with E-state index in [1.165, 1.54) is 32.3 Å². The van der Waals surface area contributed by atoms with Gasteiger partial charge in [0.1, 0.15) is 6.54 Å². The van der Waals surface area contributed by atoms with Crippen LogP contribution < -0.4 is 9.62 Å². The predicted octanol–water partition coefficient (Wildman–Crippen LogP) is 2.74. The van der Waals surface area contributed by atoms with Crippen LogP contribution in [0.25, 0.3) is 0 Å². The van der Waals surface area contributed by atoms with Crippen molar-refractivity contribution in [1.82, 2.24) is 5.32 Å². The summed E-state index contributed by atoms with van der Waals surface area (Å²) in [4.78, 5) is 24.6. The normalized spacial score (nSPS) is 30.9. The molecule has 4 aliphatic rings. The van der Waals surface area contributed by atoms with E-state index in [2.05, 4.69) is 5.32 Å². The number of rotatable bonds is 6. The SMILES string of the molecule is CC(=O)c1cccc(N(CC(=O)NC23CC4CC(CC(C4)C2)C3)S(C)(=O)=O)c1. The lowest BCUT2D eigenvalue weighted by Crippen LogP contribution is -2.61. The molecule has 0 aliphatic heterocycles. The van der Waals surface area contributed by atoms with Crippen LogP contribution in [-0.2, 0) is 14.8 Å². The average molecular weight is 405 g/mol. The Morgan fingerprint density at radius 1 is 1.11 bits per heavy atom. The highest BCUT2D eigenvalue weighted by molar-refractivity contribution is 7.92. The minimum Gasteiger partial charge on any atom is -0.349 e. The molecule has 1 N–H and O–H groups in total. The van der Waals surface area contributed by atoms with Crippen molar-refractivity contribution in [3.8, 4) is 0 Å². The molecule has 6 nitrogen and oxygen atoms in total. The number of amides is 1. The van der Waals surface area contributed by atoms with Gasteiger partial charge in [-0.1, -0.05) is 12.1 Å². The molecule has 1 amide bonds. The van der Waals surface area contributed by atoms with Gasteiger partial charge < -0.3 is 5.32 Å². The fraction of sp³-hybridized carbons (Fsp3) is 0.619. The lowest BCUT2D eigenvalue weighted by Gasteiger charge is -2.57. The molecule has 28 heavy (non-hydrogen) atoms. The topological polar surface area (TPSA) is 83.6 Å². The Labute approximate surface area is 166 Å². The van der Waals surface area contributed by atoms with E-state index in [9.17, 15) is 18.0 Å². The number of benzene rings is 1. The summed E-state index contributed by atoms with van der Waals surface area (Å²) >= 11 is 0. The van der Waals surface area contributed by atoms with Crippen LogP contribution in [-0.4, -0.2) is 38.4 Å². The van der Waals surface area contributed by atoms with Crippen molar-refractivity contribution in [2.24, 2.45) is 17.8 Å². The maximum absolute atomic E-state index is 12.9. The lowest BCUT2D eigenvalue weighted by atomic mass is 9.53. The zero-order valence-electron chi connectivity index (χ0n) is 16.5. The molecule has 5 rings (SSSR count). The first-order valence-electron chi connectivity index (χ1n) is 10.0. The molecule has 1 aromatic rings. The van der Waals surface area contributed by atoms with Gasteiger partial charge in [0, 0.05) is 11.1 Å². The molecular formula is C21H28N2O4S. The summed E-state index contributed by atoms with van der Waals surface area (Å²) in [6, 6.07) is 6.43. The van der Waals surface area contributed by atoms with Gasteiger partial charge in [0.15, 0.2) is 5.78 Å². The van der Waals surface area contributed by atoms with Gasteiger partial charge in [-0.2, -0.15) is 0 Å². The van der Waals surface area contributed by atoms with Crippen LogP contribution in [0, 0.1) is 17.8 Å². The van der Waals surface area contributed by atoms with Crippen molar-refractivity contribution in [3.63, 3.8) is 0 Å². The second-order valence-electron chi connectivity index (χ2n) is 9.12. The Bertz CT molecular complexity index is 873. The van der Waals surface area contributed by atoms with Crippen LogP contribution in [0.2, 0.25) is 0 Å². The molecule has 0 unspecified atom stereocenters. The Morgan fingerprint density at radius 3 is 2.18 bits per heavy atom. The average Bonchev–Trinajstić information content (AvgIpc) is 2.57. The van der Waals surface area contributed by atoms with Gasteiger partial charge in [-0.05, 0) is 75.3 Å². The zero-order chi connectivity index (χ0) is 20.1. The summed E-state index contributed by atoms with van der Waals surface area (Å²) in [6.07, 6.45) is 7.98. The number of sulfonamides is 1. The number of carbonyl (C=O) groups is 2. The minimum absolute atomic E-state index is 0.145. The number of nitrogens with zero attached hydrogens (tertiary/aromatic N) is 1. The summed E-state index contributed by atoms with van der Waals surface area (Å²) in [5.74, 6) is 1.69. The number of hydrogen-bond acceptors (Lipinski definition) is 4. The third-order valence-corrected chi connectivity index (χ3v) is 7.81. The van der Waals surface area contributed by atoms with Gasteiger partial charge >= 0.3 is 0 Å². The van der Waals surface area contributed by atoms with Crippen LogP contribution in [0.1, 0.15) is 55.8 Å². The number of carbonyl (C=O) groups excluding carboxylic acids is 2. The monoisotopic (exact) mass is 404 g/mol. The van der Waals surface area contributed by atoms with E-state index in [0.717, 1.165) is 29.8 Å². The van der Waals surface area contributed by atoms with Gasteiger partial charge in [0.2, 0.25) is 15.9 Å². The van der Waals surface area contributed by atoms with E-state index in [1.54, 1.807) is 18.2 Å². The molecule has 4 bridgehead atoms. The molecule has 7 heteroatoms. The number of ketones is 1. The summed E-state index contributed by atoms with van der Waals surface area (Å²) in [5, 5.41) is 3.22. The van der Waals surface area contributed by atoms with Crippen LogP contribution >= 0.6 is 0 Å². The van der Waals surface area contributed by atoms with Crippen molar-refractivity contribution in [2.45, 2.75) is 51.0 Å². The number of anilines is 1. The Balaban J connectivity index is 1.52. The zero-order valence-corrected chi connectivity index (χ0v) is 17.3. The predicted molar refractivity (Wildman–Crippen MR) is 108 cm³/mol. The van der Waals surface area contributed by atoms with Crippen molar-refractivity contribution in [2.75, 3.05) is 17.1 Å². The van der Waals surface area contributed by atoms with E-state index in [0.29, 0.717) is 29.0 Å². The quantitative estimate of drug-likeness (QED) is 0.739. The van der Waals surface area contributed by atoms with E-state index in [4.69, 9.17) is 0 Å². The second kappa shape index (κ2) is 6.87. The highest BCUT2D eigenvalue weighted by atomic mass is 32.2. The van der Waals surface area contributed by atoms with Crippen LogP contribution in [0.15, 0.2) is 24.3 Å². The molecule has 0 spiro atoms. The number of nitrogens with one attached hydrogen (secondary N) is 1. The standard InChI is InChI=1S/C21H28N2O4S/c1-14(24)18-4-3-5-19(9-18)23(28(2,26)27)13-20(25)22-21-10-15-6-16(11-21)8-17(7-15)12-21/h3-5,9,15-17H,6-8,10-13H2,1-2H3,(H,22,25). The highest BCUT2D eigenvalue weighted by Crippen LogP contribution is 2.55. The maximum Gasteiger partial charge on any atom is 0.241 e. The molecule has 4 aliphatic carbocycles. The number of hydrogen-bond donors (Lipinski definition) is 1. The first kappa shape index (κ1) is 19.4. The van der Waals surface area contributed by atoms with Crippen molar-refractivity contribution in [1.29, 1.82) is 0 Å². The molecule has 4 saturated carbocycles. The van der Waals surface area contributed by atoms with Gasteiger partial charge in [-0.25, -0.2) is 8.42 Å². The molecular weight excluding hydrogens is 376 g/mol. The second-order valence-corrected chi connectivity index (χ2v) is 11.0. The van der Waals surface area contributed by atoms with Gasteiger partial charge in [0.05, 0.1) is 11.9 Å². The summed E-state index contributed by atoms with van der Waals surface area (Å²) in [6.45, 7) is 1.17. The van der Waals surface area contributed by atoms with Crippen LogP contribution in [0.4, 0.5) is 5.69 Å². The fourth-order valence-corrected chi connectivity index (χ4v) is 6.86. The Hall–Kier alpha value is -1.89. The molecule has 1 aromatic carbocycles. The fourth-order valence-electron chi connectivity index (χ4n) is 6.01. The third kappa shape index (κ3) is 3.81. The lowest BCUT2D eigenvalue weighted by molar-refractivity contribution is -0.125. The summed E-state index contributed by atoms with van der Waals surface area (Å²) in [7, 11) is -3.66. The smallest absolute Gasteiger partial charge is 0.241 e. The number of Topliss-reactive ketones (excluding diaryl/α,β-unsaturated/α-hetero) is 1. The third-order valence-electron chi connectivity index (χ3n) is 6.67. The van der Waals surface area contributed by atoms with Gasteiger partial charge in [-0.15, -0.1) is 0 Å². The molecule has 0 saturated heterocycles. The summed E-state index contributed by atoms with van der Waals surface area (Å²) in [5.41, 5.74) is 0.611. The van der Waals surface area contributed by atoms with Crippen molar-refractivity contribution < 1.29 is 18.0 Å². The van der Waals surface area contributed by atoms with E-state index in [-0.39, 0.29) is 23.8 Å². The van der Waals surface area contributed by atoms with E-state index < -0.39 is 10.0 Å². The van der Waals surface area contributed by atoms with Crippen molar-refractivity contribution >= 4 is 27.4 Å². The van der Waals surface area contributed by atoms with Crippen LogP contribution in [0.5, 0.6) is 0 Å². The maximum atomic E-state index is 12.9. The Kier molecular flexibility index (Phi) is 4.76.